The summed E-state index contributed by atoms with van der Waals surface area (Å²) in [6, 6.07) is 42.8. The molecule has 6 N–H and O–H groups in total. The van der Waals surface area contributed by atoms with Crippen LogP contribution in [0.15, 0.2) is 174 Å². The van der Waals surface area contributed by atoms with Crippen LogP contribution in [0.1, 0.15) is 5.56 Å². The summed E-state index contributed by atoms with van der Waals surface area (Å²) in [5.41, 5.74) is 4.23. The summed E-state index contributed by atoms with van der Waals surface area (Å²) in [7, 11) is -6.81. The summed E-state index contributed by atoms with van der Waals surface area (Å²) >= 11 is 0. The van der Waals surface area contributed by atoms with Gasteiger partial charge in [-0.3, -0.25) is 9.59 Å². The van der Waals surface area contributed by atoms with Crippen molar-refractivity contribution in [2.75, 3.05) is 20.3 Å². The van der Waals surface area contributed by atoms with Gasteiger partial charge in [0.25, 0.3) is 0 Å². The first kappa shape index (κ1) is 47.6. The Hall–Kier alpha value is -6.44. The maximum absolute atomic E-state index is 12.7. The number of carbonyl (C=O) groups is 2. The Kier molecular flexibility index (Phi) is 17.1. The molecule has 0 aliphatic heterocycles. The molecule has 0 unspecified atom stereocenters. The van der Waals surface area contributed by atoms with E-state index in [2.05, 4.69) is 4.72 Å². The third-order valence-electron chi connectivity index (χ3n) is 9.29. The molecule has 330 valence electrons. The molecule has 0 aliphatic rings. The van der Waals surface area contributed by atoms with E-state index in [0.717, 1.165) is 27.8 Å². The maximum Gasteiger partial charge on any atom is 0.324 e. The minimum Gasteiger partial charge on any atom is -0.497 e. The van der Waals surface area contributed by atoms with Crippen LogP contribution in [0.5, 0.6) is 11.5 Å². The Morgan fingerprint density at radius 1 is 0.508 bits per heavy atom. The number of ether oxygens (including phenoxy) is 3. The summed E-state index contributed by atoms with van der Waals surface area (Å²) in [4.78, 5) is 23.0. The number of nitrogens with one attached hydrogen (secondary N) is 2. The van der Waals surface area contributed by atoms with Crippen molar-refractivity contribution in [1.82, 2.24) is 9.44 Å². The molecule has 0 bridgehead atoms. The third-order valence-corrected chi connectivity index (χ3v) is 12.2. The molecule has 0 saturated carbocycles. The highest BCUT2D eigenvalue weighted by Crippen LogP contribution is 2.25. The second-order valence-corrected chi connectivity index (χ2v) is 17.2. The Balaban J connectivity index is 0.000000238. The zero-order valence-corrected chi connectivity index (χ0v) is 35.4. The van der Waals surface area contributed by atoms with Gasteiger partial charge < -0.3 is 34.6 Å². The molecular weight excluding hydrogens is 853 g/mol. The fourth-order valence-corrected chi connectivity index (χ4v) is 8.33. The Morgan fingerprint density at radius 3 is 1.32 bits per heavy atom. The minimum atomic E-state index is -4.21. The maximum atomic E-state index is 12.7. The van der Waals surface area contributed by atoms with Crippen molar-refractivity contribution in [2.24, 2.45) is 0 Å². The monoisotopic (exact) mass is 898 g/mol. The molecule has 6 aromatic rings. The molecule has 15 nitrogen and oxygen atoms in total. The molecule has 0 heterocycles. The third kappa shape index (κ3) is 14.0. The van der Waals surface area contributed by atoms with E-state index in [9.17, 15) is 46.9 Å². The lowest BCUT2D eigenvalue weighted by atomic mass is 10.1. The van der Waals surface area contributed by atoms with Gasteiger partial charge in [-0.25, -0.2) is 16.8 Å². The number of benzene rings is 6. The summed E-state index contributed by atoms with van der Waals surface area (Å²) < 4.78 is 70.7. The van der Waals surface area contributed by atoms with Crippen LogP contribution in [0.25, 0.3) is 22.3 Å². The number of carboxylic acids is 2. The van der Waals surface area contributed by atoms with E-state index >= 15 is 0 Å². The molecule has 4 atom stereocenters. The largest absolute Gasteiger partial charge is 0.497 e. The van der Waals surface area contributed by atoms with Crippen molar-refractivity contribution in [3.05, 3.63) is 169 Å². The van der Waals surface area contributed by atoms with Crippen LogP contribution in [0.2, 0.25) is 0 Å². The SMILES string of the molecule is COc1ccc(-c2ccc(S(=O)(=O)N[C@@H](C(=O)O)[C@H](O)COc3ccccc3)cc2)cc1.O=C(O)[C@H](NS(=O)(=O)c1ccc(-c2ccccc2)cc1)[C@H](O)COCc1ccccc1. The predicted octanol–water partition coefficient (Wildman–Crippen LogP) is 5.20. The Morgan fingerprint density at radius 2 is 0.889 bits per heavy atom. The summed E-state index contributed by atoms with van der Waals surface area (Å²) in [5.74, 6) is -1.90. The average Bonchev–Trinajstić information content (AvgIpc) is 3.30. The Labute approximate surface area is 365 Å². The Bertz CT molecular complexity index is 2580. The molecule has 0 spiro atoms. The topological polar surface area (TPSA) is 235 Å². The van der Waals surface area contributed by atoms with Gasteiger partial charge in [0, 0.05) is 0 Å². The van der Waals surface area contributed by atoms with E-state index in [1.807, 2.05) is 77.5 Å². The van der Waals surface area contributed by atoms with Crippen LogP contribution in [0, 0.1) is 0 Å². The van der Waals surface area contributed by atoms with Gasteiger partial charge in [0.1, 0.15) is 42.4 Å². The van der Waals surface area contributed by atoms with E-state index < -0.39 is 62.9 Å². The highest BCUT2D eigenvalue weighted by Gasteiger charge is 2.33. The van der Waals surface area contributed by atoms with E-state index in [0.29, 0.717) is 11.5 Å². The highest BCUT2D eigenvalue weighted by molar-refractivity contribution is 7.89. The van der Waals surface area contributed by atoms with Crippen LogP contribution in [0.4, 0.5) is 0 Å². The lowest BCUT2D eigenvalue weighted by Crippen LogP contribution is -2.50. The lowest BCUT2D eigenvalue weighted by molar-refractivity contribution is -0.143. The van der Waals surface area contributed by atoms with Crippen LogP contribution in [0.3, 0.4) is 0 Å². The molecule has 0 saturated heterocycles. The van der Waals surface area contributed by atoms with Crippen LogP contribution in [-0.4, -0.2) is 93.8 Å². The van der Waals surface area contributed by atoms with Crippen molar-refractivity contribution >= 4 is 32.0 Å². The quantitative estimate of drug-likeness (QED) is 0.0579. The molecule has 0 aromatic heterocycles. The second-order valence-electron chi connectivity index (χ2n) is 13.8. The van der Waals surface area contributed by atoms with E-state index in [1.54, 1.807) is 73.8 Å². The van der Waals surface area contributed by atoms with Crippen molar-refractivity contribution < 1.29 is 61.1 Å². The lowest BCUT2D eigenvalue weighted by Gasteiger charge is -2.21. The first-order valence-corrected chi connectivity index (χ1v) is 22.2. The minimum absolute atomic E-state index is 0.101. The zero-order chi connectivity index (χ0) is 45.4. The molecule has 63 heavy (non-hydrogen) atoms. The van der Waals surface area contributed by atoms with E-state index in [4.69, 9.17) is 14.2 Å². The van der Waals surface area contributed by atoms with Crippen molar-refractivity contribution in [3.8, 4) is 33.8 Å². The number of para-hydroxylation sites is 1. The first-order chi connectivity index (χ1) is 30.2. The van der Waals surface area contributed by atoms with Crippen molar-refractivity contribution in [2.45, 2.75) is 40.7 Å². The van der Waals surface area contributed by atoms with Crippen LogP contribution < -0.4 is 18.9 Å². The number of methoxy groups -OCH3 is 1. The number of aliphatic hydroxyl groups excluding tert-OH is 2. The van der Waals surface area contributed by atoms with Crippen molar-refractivity contribution in [3.63, 3.8) is 0 Å². The summed E-state index contributed by atoms with van der Waals surface area (Å²) in [5, 5.41) is 39.3. The second kappa shape index (κ2) is 22.6. The van der Waals surface area contributed by atoms with E-state index in [1.165, 1.54) is 24.3 Å². The molecule has 6 rings (SSSR count). The number of aliphatic carboxylic acids is 2. The van der Waals surface area contributed by atoms with Gasteiger partial charge in [0.2, 0.25) is 20.0 Å². The number of hydrogen-bond acceptors (Lipinski definition) is 11. The van der Waals surface area contributed by atoms with Gasteiger partial charge in [-0.2, -0.15) is 9.44 Å². The van der Waals surface area contributed by atoms with Gasteiger partial charge in [0.15, 0.2) is 0 Å². The molecule has 0 aliphatic carbocycles. The number of carboxylic acid groups (broad SMARTS) is 2. The molecule has 6 aromatic carbocycles. The predicted molar refractivity (Wildman–Crippen MR) is 234 cm³/mol. The zero-order valence-electron chi connectivity index (χ0n) is 33.8. The molecule has 0 radical (unpaired) electrons. The van der Waals surface area contributed by atoms with Crippen molar-refractivity contribution in [1.29, 1.82) is 0 Å². The number of rotatable bonds is 20. The molecular formula is C46H46N2O13S2. The van der Waals surface area contributed by atoms with Gasteiger partial charge in [-0.15, -0.1) is 0 Å². The van der Waals surface area contributed by atoms with Gasteiger partial charge in [0.05, 0.1) is 30.1 Å². The molecule has 0 amide bonds. The van der Waals surface area contributed by atoms with Crippen LogP contribution in [-0.2, 0) is 41.0 Å². The van der Waals surface area contributed by atoms with Gasteiger partial charge in [-0.1, -0.05) is 115 Å². The van der Waals surface area contributed by atoms with Gasteiger partial charge >= 0.3 is 11.9 Å². The first-order valence-electron chi connectivity index (χ1n) is 19.2. The summed E-state index contributed by atoms with van der Waals surface area (Å²) in [6.45, 7) is -0.584. The number of aliphatic hydroxyl groups is 2. The van der Waals surface area contributed by atoms with Gasteiger partial charge in [-0.05, 0) is 76.3 Å². The van der Waals surface area contributed by atoms with E-state index in [-0.39, 0.29) is 23.0 Å². The standard InChI is InChI=1S/C23H23NO7S.C23H23NO6S/c1-30-18-11-7-16(8-12-18)17-9-13-20(14-10-17)32(28,29)24-22(23(26)27)21(25)15-31-19-5-3-2-4-6-19;25-21(16-30-15-17-7-3-1-4-8-17)22(23(26)27)24-31(28,29)20-13-11-19(12-14-20)18-9-5-2-6-10-18/h2-14,21-22,24-25H,15H2,1H3,(H,26,27);1-14,21-22,24-25H,15-16H2,(H,26,27)/t2*21-,22-/m11/s1. The normalized spacial score (nSPS) is 13.3. The average molecular weight is 899 g/mol. The fraction of sp³-hybridized carbons (Fsp3) is 0.174. The fourth-order valence-electron chi connectivity index (χ4n) is 5.89. The summed E-state index contributed by atoms with van der Waals surface area (Å²) in [6.07, 6.45) is -3.18. The smallest absolute Gasteiger partial charge is 0.324 e. The number of hydrogen-bond donors (Lipinski definition) is 6. The number of sulfonamides is 2. The molecule has 17 heteroatoms. The molecule has 0 fully saturated rings. The van der Waals surface area contributed by atoms with Crippen LogP contribution >= 0.6 is 0 Å². The highest BCUT2D eigenvalue weighted by atomic mass is 32.2.